The summed E-state index contributed by atoms with van der Waals surface area (Å²) in [5.41, 5.74) is 2.16. The van der Waals surface area contributed by atoms with Crippen LogP contribution in [0.4, 0.5) is 4.79 Å². The van der Waals surface area contributed by atoms with Crippen molar-refractivity contribution in [3.63, 3.8) is 0 Å². The van der Waals surface area contributed by atoms with E-state index in [9.17, 15) is 14.7 Å². The predicted octanol–water partition coefficient (Wildman–Crippen LogP) is 4.71. The molecule has 0 fully saturated rings. The number of carbonyl (C=O) groups excluding carboxylic acids is 1. The molecule has 0 radical (unpaired) electrons. The Kier molecular flexibility index (Phi) is 6.50. The summed E-state index contributed by atoms with van der Waals surface area (Å²) in [6.07, 6.45) is 0.707. The molecule has 0 bridgehead atoms. The summed E-state index contributed by atoms with van der Waals surface area (Å²) in [5.74, 6) is -0.227. The number of rotatable bonds is 6. The molecule has 1 atom stereocenters. The normalized spacial score (nSPS) is 12.4. The van der Waals surface area contributed by atoms with Crippen LogP contribution in [0.15, 0.2) is 48.7 Å². The molecule has 8 heteroatoms. The van der Waals surface area contributed by atoms with Gasteiger partial charge in [0.25, 0.3) is 5.91 Å². The van der Waals surface area contributed by atoms with Gasteiger partial charge in [0.1, 0.15) is 0 Å². The molecule has 2 amide bonds. The highest BCUT2D eigenvalue weighted by molar-refractivity contribution is 7.14. The van der Waals surface area contributed by atoms with E-state index in [2.05, 4.69) is 10.4 Å². The Morgan fingerprint density at radius 1 is 1.23 bits per heavy atom. The number of hydrogen-bond donors (Lipinski definition) is 2. The summed E-state index contributed by atoms with van der Waals surface area (Å²) in [7, 11) is 1.87. The number of aryl methyl sites for hydroxylation is 2. The smallest absolute Gasteiger partial charge is 0.407 e. The Labute approximate surface area is 186 Å². The molecule has 0 aliphatic rings. The second-order valence-electron chi connectivity index (χ2n) is 8.42. The molecule has 7 nitrogen and oxygen atoms in total. The summed E-state index contributed by atoms with van der Waals surface area (Å²) in [5, 5.41) is 17.0. The molecule has 1 aromatic carbocycles. The van der Waals surface area contributed by atoms with Gasteiger partial charge in [-0.15, -0.1) is 11.3 Å². The van der Waals surface area contributed by atoms with E-state index in [1.165, 1.54) is 16.2 Å². The highest BCUT2D eigenvalue weighted by Crippen LogP contribution is 2.31. The quantitative estimate of drug-likeness (QED) is 0.581. The lowest BCUT2D eigenvalue weighted by Crippen LogP contribution is -2.49. The van der Waals surface area contributed by atoms with Gasteiger partial charge in [-0.3, -0.25) is 9.48 Å². The lowest BCUT2D eigenvalue weighted by atomic mass is 10.0. The van der Waals surface area contributed by atoms with E-state index in [0.29, 0.717) is 4.88 Å². The zero-order valence-electron chi connectivity index (χ0n) is 18.4. The summed E-state index contributed by atoms with van der Waals surface area (Å²) in [4.78, 5) is 28.0. The zero-order valence-corrected chi connectivity index (χ0v) is 19.2. The molecule has 2 aromatic heterocycles. The molecular weight excluding hydrogens is 412 g/mol. The number of thiophene rings is 1. The molecule has 0 saturated carbocycles. The number of nitrogens with one attached hydrogen (secondary N) is 1. The molecule has 0 spiro atoms. The number of benzene rings is 1. The van der Waals surface area contributed by atoms with Crippen molar-refractivity contribution in [3.8, 4) is 11.3 Å². The van der Waals surface area contributed by atoms with Crippen LogP contribution in [0.25, 0.3) is 11.3 Å². The average molecular weight is 441 g/mol. The lowest BCUT2D eigenvalue weighted by Gasteiger charge is -2.36. The second kappa shape index (κ2) is 8.93. The first kappa shape index (κ1) is 22.6. The molecule has 3 rings (SSSR count). The SMILES string of the molecule is Cc1sc(C(=O)N[C@@H](CN(C(=O)O)C(C)(C)C)c2ccccc2)cc1-c1ccnn1C. The van der Waals surface area contributed by atoms with Gasteiger partial charge in [-0.2, -0.15) is 5.10 Å². The van der Waals surface area contributed by atoms with Crippen molar-refractivity contribution in [2.24, 2.45) is 7.05 Å². The molecule has 0 unspecified atom stereocenters. The zero-order chi connectivity index (χ0) is 22.8. The van der Waals surface area contributed by atoms with E-state index in [1.807, 2.05) is 77.2 Å². The van der Waals surface area contributed by atoms with Crippen LogP contribution < -0.4 is 5.32 Å². The minimum atomic E-state index is -1.02. The van der Waals surface area contributed by atoms with Crippen LogP contribution in [0.3, 0.4) is 0 Å². The van der Waals surface area contributed by atoms with E-state index in [4.69, 9.17) is 0 Å². The molecule has 0 aliphatic carbocycles. The standard InChI is InChI=1S/C23H28N4O3S/c1-15-17(19-11-12-24-26(19)5)13-20(31-15)21(28)25-18(16-9-7-6-8-10-16)14-27(22(29)30)23(2,3)4/h6-13,18H,14H2,1-5H3,(H,25,28)(H,29,30)/t18-/m0/s1. The molecule has 164 valence electrons. The van der Waals surface area contributed by atoms with Crippen molar-refractivity contribution >= 4 is 23.3 Å². The minimum Gasteiger partial charge on any atom is -0.465 e. The average Bonchev–Trinajstić information content (AvgIpc) is 3.29. The van der Waals surface area contributed by atoms with Gasteiger partial charge in [0.05, 0.1) is 16.6 Å². The monoisotopic (exact) mass is 440 g/mol. The van der Waals surface area contributed by atoms with Gasteiger partial charge in [-0.05, 0) is 45.4 Å². The first-order valence-electron chi connectivity index (χ1n) is 10.0. The Morgan fingerprint density at radius 3 is 2.45 bits per heavy atom. The van der Waals surface area contributed by atoms with Gasteiger partial charge in [-0.1, -0.05) is 30.3 Å². The lowest BCUT2D eigenvalue weighted by molar-refractivity contribution is 0.0824. The second-order valence-corrected chi connectivity index (χ2v) is 9.68. The number of nitrogens with zero attached hydrogens (tertiary/aromatic N) is 3. The number of carbonyl (C=O) groups is 2. The van der Waals surface area contributed by atoms with Crippen molar-refractivity contribution in [1.29, 1.82) is 0 Å². The molecule has 0 aliphatic heterocycles. The van der Waals surface area contributed by atoms with E-state index < -0.39 is 17.7 Å². The fraction of sp³-hybridized carbons (Fsp3) is 0.348. The van der Waals surface area contributed by atoms with Gasteiger partial charge < -0.3 is 15.3 Å². The molecule has 3 aromatic rings. The maximum atomic E-state index is 13.2. The molecule has 2 N–H and O–H groups in total. The van der Waals surface area contributed by atoms with Crippen LogP contribution in [0.1, 0.15) is 46.9 Å². The number of hydrogen-bond acceptors (Lipinski definition) is 4. The van der Waals surface area contributed by atoms with Crippen LogP contribution in [-0.2, 0) is 7.05 Å². The maximum Gasteiger partial charge on any atom is 0.407 e. The summed E-state index contributed by atoms with van der Waals surface area (Å²) in [6.45, 7) is 7.65. The summed E-state index contributed by atoms with van der Waals surface area (Å²) >= 11 is 1.41. The molecule has 31 heavy (non-hydrogen) atoms. The largest absolute Gasteiger partial charge is 0.465 e. The van der Waals surface area contributed by atoms with E-state index >= 15 is 0 Å². The van der Waals surface area contributed by atoms with Gasteiger partial charge in [0.2, 0.25) is 0 Å². The third-order valence-corrected chi connectivity index (χ3v) is 6.20. The maximum absolute atomic E-state index is 13.2. The van der Waals surface area contributed by atoms with Crippen LogP contribution >= 0.6 is 11.3 Å². The third-order valence-electron chi connectivity index (χ3n) is 5.15. The Morgan fingerprint density at radius 2 is 1.90 bits per heavy atom. The Bertz CT molecular complexity index is 1070. The number of amides is 2. The minimum absolute atomic E-state index is 0.146. The van der Waals surface area contributed by atoms with Gasteiger partial charge in [-0.25, -0.2) is 4.79 Å². The van der Waals surface area contributed by atoms with Crippen LogP contribution in [0.2, 0.25) is 0 Å². The van der Waals surface area contributed by atoms with E-state index in [1.54, 1.807) is 10.9 Å². The molecule has 2 heterocycles. The van der Waals surface area contributed by atoms with Crippen molar-refractivity contribution in [3.05, 3.63) is 64.0 Å². The first-order valence-corrected chi connectivity index (χ1v) is 10.8. The van der Waals surface area contributed by atoms with Gasteiger partial charge in [0.15, 0.2) is 0 Å². The van der Waals surface area contributed by atoms with Gasteiger partial charge in [0, 0.05) is 35.8 Å². The van der Waals surface area contributed by atoms with Crippen molar-refractivity contribution in [1.82, 2.24) is 20.0 Å². The molecule has 0 saturated heterocycles. The van der Waals surface area contributed by atoms with Crippen molar-refractivity contribution in [2.75, 3.05) is 6.54 Å². The van der Waals surface area contributed by atoms with Crippen molar-refractivity contribution < 1.29 is 14.7 Å². The van der Waals surface area contributed by atoms with Crippen molar-refractivity contribution in [2.45, 2.75) is 39.3 Å². The highest BCUT2D eigenvalue weighted by Gasteiger charge is 2.30. The van der Waals surface area contributed by atoms with Crippen LogP contribution in [-0.4, -0.2) is 43.9 Å². The summed E-state index contributed by atoms with van der Waals surface area (Å²) < 4.78 is 1.78. The number of aromatic nitrogens is 2. The Hall–Kier alpha value is -3.13. The fourth-order valence-corrected chi connectivity index (χ4v) is 4.39. The van der Waals surface area contributed by atoms with Gasteiger partial charge >= 0.3 is 6.09 Å². The topological polar surface area (TPSA) is 87.5 Å². The molecular formula is C23H28N4O3S. The fourth-order valence-electron chi connectivity index (χ4n) is 3.46. The van der Waals surface area contributed by atoms with E-state index in [0.717, 1.165) is 21.7 Å². The third kappa shape index (κ3) is 5.14. The van der Waals surface area contributed by atoms with Crippen LogP contribution in [0.5, 0.6) is 0 Å². The Balaban J connectivity index is 1.89. The highest BCUT2D eigenvalue weighted by atomic mass is 32.1. The first-order chi connectivity index (χ1) is 14.6. The number of carboxylic acid groups (broad SMARTS) is 1. The predicted molar refractivity (Wildman–Crippen MR) is 122 cm³/mol. The van der Waals surface area contributed by atoms with Crippen LogP contribution in [0, 0.1) is 6.92 Å². The summed E-state index contributed by atoms with van der Waals surface area (Å²) in [6, 6.07) is 12.8. The van der Waals surface area contributed by atoms with E-state index in [-0.39, 0.29) is 12.5 Å².